The molecule has 2 aromatic carbocycles. The monoisotopic (exact) mass is 352 g/mol. The predicted molar refractivity (Wildman–Crippen MR) is 98.7 cm³/mol. The first kappa shape index (κ1) is 16.8. The summed E-state index contributed by atoms with van der Waals surface area (Å²) in [5.41, 5.74) is 3.03. The summed E-state index contributed by atoms with van der Waals surface area (Å²) in [6.07, 6.45) is 3.32. The molecular weight excluding hydrogens is 331 g/mol. The number of hydrogen-bond acceptors (Lipinski definition) is 2. The molecule has 2 aliphatic rings. The third-order valence-corrected chi connectivity index (χ3v) is 5.65. The SMILES string of the molecule is CC(=O)N1CCc2cc(NC(=O)C3(c4ccc(F)cc4)CCC3)ccc21. The molecule has 1 heterocycles. The molecule has 0 radical (unpaired) electrons. The van der Waals surface area contributed by atoms with Crippen LogP contribution in [-0.4, -0.2) is 18.4 Å². The zero-order valence-electron chi connectivity index (χ0n) is 14.7. The van der Waals surface area contributed by atoms with Crippen LogP contribution in [-0.2, 0) is 21.4 Å². The predicted octanol–water partition coefficient (Wildman–Crippen LogP) is 3.80. The Morgan fingerprint density at radius 2 is 1.85 bits per heavy atom. The van der Waals surface area contributed by atoms with E-state index in [2.05, 4.69) is 5.32 Å². The first-order valence-electron chi connectivity index (χ1n) is 8.98. The van der Waals surface area contributed by atoms with Gasteiger partial charge in [0.15, 0.2) is 0 Å². The highest BCUT2D eigenvalue weighted by atomic mass is 19.1. The van der Waals surface area contributed by atoms with Gasteiger partial charge in [-0.05, 0) is 60.7 Å². The smallest absolute Gasteiger partial charge is 0.235 e. The van der Waals surface area contributed by atoms with Crippen molar-refractivity contribution in [3.63, 3.8) is 0 Å². The minimum absolute atomic E-state index is 0.0327. The molecule has 0 unspecified atom stereocenters. The average Bonchev–Trinajstić information content (AvgIpc) is 2.99. The number of nitrogens with one attached hydrogen (secondary N) is 1. The first-order chi connectivity index (χ1) is 12.5. The molecule has 0 bridgehead atoms. The van der Waals surface area contributed by atoms with Crippen molar-refractivity contribution in [2.45, 2.75) is 38.0 Å². The molecule has 1 N–H and O–H groups in total. The Morgan fingerprint density at radius 1 is 1.12 bits per heavy atom. The van der Waals surface area contributed by atoms with Gasteiger partial charge in [-0.3, -0.25) is 9.59 Å². The average molecular weight is 352 g/mol. The maximum atomic E-state index is 13.2. The molecule has 134 valence electrons. The van der Waals surface area contributed by atoms with Crippen LogP contribution in [0.5, 0.6) is 0 Å². The fraction of sp³-hybridized carbons (Fsp3) is 0.333. The minimum Gasteiger partial charge on any atom is -0.325 e. The van der Waals surface area contributed by atoms with Crippen LogP contribution in [0.4, 0.5) is 15.8 Å². The van der Waals surface area contributed by atoms with Crippen LogP contribution >= 0.6 is 0 Å². The topological polar surface area (TPSA) is 49.4 Å². The molecule has 0 atom stereocenters. The van der Waals surface area contributed by atoms with Crippen LogP contribution in [0.25, 0.3) is 0 Å². The summed E-state index contributed by atoms with van der Waals surface area (Å²) >= 11 is 0. The van der Waals surface area contributed by atoms with E-state index in [0.717, 1.165) is 48.2 Å². The lowest BCUT2D eigenvalue weighted by Crippen LogP contribution is -2.46. The number of rotatable bonds is 3. The number of amides is 2. The molecule has 1 saturated carbocycles. The standard InChI is InChI=1S/C21H21FN2O2/c1-14(25)24-12-9-15-13-18(7-8-19(15)24)23-20(26)21(10-2-11-21)16-3-5-17(22)6-4-16/h3-8,13H,2,9-12H2,1H3,(H,23,26). The summed E-state index contributed by atoms with van der Waals surface area (Å²) in [5, 5.41) is 3.04. The van der Waals surface area contributed by atoms with Gasteiger partial charge in [0, 0.05) is 24.8 Å². The van der Waals surface area contributed by atoms with Gasteiger partial charge < -0.3 is 10.2 Å². The van der Waals surface area contributed by atoms with Crippen molar-refractivity contribution in [1.29, 1.82) is 0 Å². The molecule has 26 heavy (non-hydrogen) atoms. The summed E-state index contributed by atoms with van der Waals surface area (Å²) in [5.74, 6) is -0.306. The van der Waals surface area contributed by atoms with Crippen molar-refractivity contribution in [2.24, 2.45) is 0 Å². The van der Waals surface area contributed by atoms with Gasteiger partial charge >= 0.3 is 0 Å². The quantitative estimate of drug-likeness (QED) is 0.913. The second-order valence-corrected chi connectivity index (χ2v) is 7.16. The Hall–Kier alpha value is -2.69. The van der Waals surface area contributed by atoms with Crippen LogP contribution < -0.4 is 10.2 Å². The van der Waals surface area contributed by atoms with E-state index in [1.807, 2.05) is 18.2 Å². The lowest BCUT2D eigenvalue weighted by Gasteiger charge is -2.40. The van der Waals surface area contributed by atoms with E-state index in [4.69, 9.17) is 0 Å². The van der Waals surface area contributed by atoms with Crippen molar-refractivity contribution in [1.82, 2.24) is 0 Å². The number of carbonyl (C=O) groups excluding carboxylic acids is 2. The van der Waals surface area contributed by atoms with E-state index in [9.17, 15) is 14.0 Å². The van der Waals surface area contributed by atoms with E-state index >= 15 is 0 Å². The normalized spacial score (nSPS) is 17.4. The maximum Gasteiger partial charge on any atom is 0.235 e. The van der Waals surface area contributed by atoms with Crippen molar-refractivity contribution in [3.05, 3.63) is 59.4 Å². The van der Waals surface area contributed by atoms with E-state index < -0.39 is 5.41 Å². The molecule has 4 rings (SSSR count). The zero-order valence-corrected chi connectivity index (χ0v) is 14.7. The highest BCUT2D eigenvalue weighted by Gasteiger charge is 2.45. The van der Waals surface area contributed by atoms with Crippen LogP contribution in [0.1, 0.15) is 37.3 Å². The Kier molecular flexibility index (Phi) is 4.02. The second-order valence-electron chi connectivity index (χ2n) is 7.16. The van der Waals surface area contributed by atoms with E-state index in [1.165, 1.54) is 12.1 Å². The maximum absolute atomic E-state index is 13.2. The van der Waals surface area contributed by atoms with Crippen molar-refractivity contribution in [2.75, 3.05) is 16.8 Å². The highest BCUT2D eigenvalue weighted by Crippen LogP contribution is 2.45. The molecule has 0 aromatic heterocycles. The molecule has 0 spiro atoms. The van der Waals surface area contributed by atoms with Gasteiger partial charge in [0.1, 0.15) is 5.82 Å². The van der Waals surface area contributed by atoms with E-state index in [0.29, 0.717) is 6.54 Å². The first-order valence-corrected chi connectivity index (χ1v) is 8.98. The van der Waals surface area contributed by atoms with Gasteiger partial charge in [0.05, 0.1) is 5.41 Å². The highest BCUT2D eigenvalue weighted by molar-refractivity contribution is 6.00. The molecule has 1 aliphatic carbocycles. The summed E-state index contributed by atoms with van der Waals surface area (Å²) in [6.45, 7) is 2.25. The summed E-state index contributed by atoms with van der Waals surface area (Å²) in [4.78, 5) is 26.4. The van der Waals surface area contributed by atoms with Gasteiger partial charge in [-0.1, -0.05) is 18.6 Å². The molecule has 1 aliphatic heterocycles. The Balaban J connectivity index is 1.56. The number of halogens is 1. The number of benzene rings is 2. The number of carbonyl (C=O) groups is 2. The van der Waals surface area contributed by atoms with E-state index in [1.54, 1.807) is 24.0 Å². The van der Waals surface area contributed by atoms with Gasteiger partial charge in [0.2, 0.25) is 11.8 Å². The molecule has 2 amide bonds. The molecule has 2 aromatic rings. The fourth-order valence-corrected chi connectivity index (χ4v) is 4.00. The third-order valence-electron chi connectivity index (χ3n) is 5.65. The van der Waals surface area contributed by atoms with E-state index in [-0.39, 0.29) is 17.6 Å². The van der Waals surface area contributed by atoms with Gasteiger partial charge in [-0.25, -0.2) is 4.39 Å². The van der Waals surface area contributed by atoms with Crippen molar-refractivity contribution < 1.29 is 14.0 Å². The van der Waals surface area contributed by atoms with Gasteiger partial charge in [0.25, 0.3) is 0 Å². The Labute approximate surface area is 152 Å². The molecule has 0 saturated heterocycles. The fourth-order valence-electron chi connectivity index (χ4n) is 4.00. The number of fused-ring (bicyclic) bond motifs is 1. The summed E-state index contributed by atoms with van der Waals surface area (Å²) in [7, 11) is 0. The van der Waals surface area contributed by atoms with Gasteiger partial charge in [-0.2, -0.15) is 0 Å². The zero-order chi connectivity index (χ0) is 18.3. The summed E-state index contributed by atoms with van der Waals surface area (Å²) in [6, 6.07) is 11.9. The van der Waals surface area contributed by atoms with Crippen molar-refractivity contribution >= 4 is 23.2 Å². The van der Waals surface area contributed by atoms with Crippen LogP contribution in [0.15, 0.2) is 42.5 Å². The second kappa shape index (κ2) is 6.24. The third kappa shape index (κ3) is 2.68. The summed E-state index contributed by atoms with van der Waals surface area (Å²) < 4.78 is 13.2. The molecule has 1 fully saturated rings. The number of anilines is 2. The molecule has 4 nitrogen and oxygen atoms in total. The number of hydrogen-bond donors (Lipinski definition) is 1. The van der Waals surface area contributed by atoms with Crippen LogP contribution in [0.2, 0.25) is 0 Å². The lowest BCUT2D eigenvalue weighted by atomic mass is 9.64. The molecular formula is C21H21FN2O2. The van der Waals surface area contributed by atoms with Crippen LogP contribution in [0.3, 0.4) is 0 Å². The van der Waals surface area contributed by atoms with Crippen LogP contribution in [0, 0.1) is 5.82 Å². The largest absolute Gasteiger partial charge is 0.325 e. The Bertz CT molecular complexity index is 872. The molecule has 5 heteroatoms. The van der Waals surface area contributed by atoms with Crippen molar-refractivity contribution in [3.8, 4) is 0 Å². The lowest BCUT2D eigenvalue weighted by molar-refractivity contribution is -0.124. The minimum atomic E-state index is -0.571. The Morgan fingerprint density at radius 3 is 2.46 bits per heavy atom. The number of nitrogens with zero attached hydrogens (tertiary/aromatic N) is 1. The van der Waals surface area contributed by atoms with Gasteiger partial charge in [-0.15, -0.1) is 0 Å².